The van der Waals surface area contributed by atoms with Gasteiger partial charge in [0, 0.05) is 6.42 Å². The third-order valence-corrected chi connectivity index (χ3v) is 3.69. The number of hydrogen-bond acceptors (Lipinski definition) is 4. The average molecular weight is 302 g/mol. The summed E-state index contributed by atoms with van der Waals surface area (Å²) in [6.07, 6.45) is 13.3. The molecule has 0 heterocycles. The van der Waals surface area contributed by atoms with Gasteiger partial charge in [-0.1, -0.05) is 71.1 Å². The van der Waals surface area contributed by atoms with E-state index in [-0.39, 0.29) is 19.2 Å². The molecule has 0 aromatic carbocycles. The molecule has 0 rings (SSSR count). The maximum Gasteiger partial charge on any atom is 0.306 e. The minimum atomic E-state index is -0.759. The van der Waals surface area contributed by atoms with E-state index >= 15 is 0 Å². The highest BCUT2D eigenvalue weighted by Crippen LogP contribution is 2.12. The first-order valence-corrected chi connectivity index (χ1v) is 8.65. The largest absolute Gasteiger partial charge is 0.457 e. The van der Waals surface area contributed by atoms with Gasteiger partial charge in [0.15, 0.2) is 0 Å². The lowest BCUT2D eigenvalue weighted by Crippen LogP contribution is -2.25. The van der Waals surface area contributed by atoms with E-state index in [9.17, 15) is 4.79 Å². The molecule has 0 atom stereocenters. The summed E-state index contributed by atoms with van der Waals surface area (Å²) in [5, 5.41) is 17.6. The highest BCUT2D eigenvalue weighted by atomic mass is 16.6. The summed E-state index contributed by atoms with van der Waals surface area (Å²) in [6.45, 7) is 1.60. The summed E-state index contributed by atoms with van der Waals surface area (Å²) in [7, 11) is 0. The predicted molar refractivity (Wildman–Crippen MR) is 85.1 cm³/mol. The van der Waals surface area contributed by atoms with Crippen LogP contribution < -0.4 is 0 Å². The van der Waals surface area contributed by atoms with Crippen molar-refractivity contribution < 1.29 is 19.7 Å². The molecule has 0 saturated carbocycles. The van der Waals surface area contributed by atoms with Gasteiger partial charge in [-0.2, -0.15) is 0 Å². The van der Waals surface area contributed by atoms with Crippen LogP contribution in [-0.4, -0.2) is 35.5 Å². The minimum Gasteiger partial charge on any atom is -0.457 e. The number of unbranched alkanes of at least 4 members (excludes halogenated alkanes) is 10. The summed E-state index contributed by atoms with van der Waals surface area (Å²) in [5.41, 5.74) is 0. The topological polar surface area (TPSA) is 66.8 Å². The summed E-state index contributed by atoms with van der Waals surface area (Å²) >= 11 is 0. The second kappa shape index (κ2) is 15.8. The third-order valence-electron chi connectivity index (χ3n) is 3.69. The van der Waals surface area contributed by atoms with Gasteiger partial charge in [-0.25, -0.2) is 0 Å². The number of ether oxygens (including phenoxy) is 1. The molecule has 0 aromatic heterocycles. The summed E-state index contributed by atoms with van der Waals surface area (Å²) in [5.74, 6) is -0.320. The Bertz CT molecular complexity index is 227. The van der Waals surface area contributed by atoms with Gasteiger partial charge in [0.25, 0.3) is 0 Å². The van der Waals surface area contributed by atoms with E-state index in [0.29, 0.717) is 6.42 Å². The van der Waals surface area contributed by atoms with Gasteiger partial charge in [0.05, 0.1) is 13.2 Å². The highest BCUT2D eigenvalue weighted by Gasteiger charge is 2.11. The van der Waals surface area contributed by atoms with Crippen molar-refractivity contribution in [2.24, 2.45) is 0 Å². The number of esters is 1. The van der Waals surface area contributed by atoms with Crippen molar-refractivity contribution in [1.29, 1.82) is 0 Å². The fourth-order valence-electron chi connectivity index (χ4n) is 2.31. The van der Waals surface area contributed by atoms with Gasteiger partial charge in [-0.3, -0.25) is 4.79 Å². The van der Waals surface area contributed by atoms with Gasteiger partial charge in [-0.05, 0) is 6.42 Å². The van der Waals surface area contributed by atoms with E-state index in [1.54, 1.807) is 0 Å². The molecule has 2 N–H and O–H groups in total. The first-order chi connectivity index (χ1) is 10.2. The van der Waals surface area contributed by atoms with Crippen molar-refractivity contribution in [1.82, 2.24) is 0 Å². The quantitative estimate of drug-likeness (QED) is 0.358. The lowest BCUT2D eigenvalue weighted by Gasteiger charge is -2.12. The lowest BCUT2D eigenvalue weighted by molar-refractivity contribution is -0.153. The van der Waals surface area contributed by atoms with Crippen LogP contribution in [-0.2, 0) is 9.53 Å². The number of carbonyl (C=O) groups excluding carboxylic acids is 1. The monoisotopic (exact) mass is 302 g/mol. The van der Waals surface area contributed by atoms with Gasteiger partial charge < -0.3 is 14.9 Å². The Hall–Kier alpha value is -0.610. The van der Waals surface area contributed by atoms with E-state index in [0.717, 1.165) is 12.8 Å². The van der Waals surface area contributed by atoms with Crippen LogP contribution in [0.1, 0.15) is 84.0 Å². The smallest absolute Gasteiger partial charge is 0.306 e. The standard InChI is InChI=1S/C17H34O4/c1-2-3-4-5-6-7-8-9-10-11-12-13-17(20)21-16(14-18)15-19/h16,18-19H,2-15H2,1H3. The van der Waals surface area contributed by atoms with Crippen molar-refractivity contribution in [3.05, 3.63) is 0 Å². The van der Waals surface area contributed by atoms with Crippen LogP contribution in [0.5, 0.6) is 0 Å². The molecule has 4 nitrogen and oxygen atoms in total. The Kier molecular flexibility index (Phi) is 15.3. The van der Waals surface area contributed by atoms with Crippen molar-refractivity contribution in [3.63, 3.8) is 0 Å². The number of carbonyl (C=O) groups is 1. The Morgan fingerprint density at radius 2 is 1.24 bits per heavy atom. The Morgan fingerprint density at radius 1 is 0.810 bits per heavy atom. The molecule has 126 valence electrons. The Balaban J connectivity index is 3.23. The van der Waals surface area contributed by atoms with Crippen LogP contribution in [0.15, 0.2) is 0 Å². The van der Waals surface area contributed by atoms with Crippen LogP contribution in [0.2, 0.25) is 0 Å². The molecule has 0 fully saturated rings. The molecule has 0 spiro atoms. The van der Waals surface area contributed by atoms with E-state index in [4.69, 9.17) is 14.9 Å². The first kappa shape index (κ1) is 20.4. The molecule has 0 aromatic rings. The zero-order valence-electron chi connectivity index (χ0n) is 13.7. The normalized spacial score (nSPS) is 11.0. The van der Waals surface area contributed by atoms with E-state index < -0.39 is 6.10 Å². The average Bonchev–Trinajstić information content (AvgIpc) is 2.50. The van der Waals surface area contributed by atoms with Crippen LogP contribution in [0, 0.1) is 0 Å². The maximum absolute atomic E-state index is 11.4. The van der Waals surface area contributed by atoms with Crippen molar-refractivity contribution in [2.45, 2.75) is 90.1 Å². The van der Waals surface area contributed by atoms with Crippen molar-refractivity contribution in [3.8, 4) is 0 Å². The Morgan fingerprint density at radius 3 is 1.67 bits per heavy atom. The molecule has 0 aliphatic heterocycles. The van der Waals surface area contributed by atoms with E-state index in [2.05, 4.69) is 6.92 Å². The molecule has 21 heavy (non-hydrogen) atoms. The van der Waals surface area contributed by atoms with Crippen molar-refractivity contribution in [2.75, 3.05) is 13.2 Å². The second-order valence-electron chi connectivity index (χ2n) is 5.76. The zero-order valence-corrected chi connectivity index (χ0v) is 13.7. The molecule has 0 radical (unpaired) electrons. The van der Waals surface area contributed by atoms with Crippen LogP contribution in [0.4, 0.5) is 0 Å². The zero-order chi connectivity index (χ0) is 15.8. The molecule has 0 aliphatic carbocycles. The highest BCUT2D eigenvalue weighted by molar-refractivity contribution is 5.69. The third kappa shape index (κ3) is 14.1. The molecule has 4 heteroatoms. The minimum absolute atomic E-state index is 0.319. The van der Waals surface area contributed by atoms with Gasteiger partial charge >= 0.3 is 5.97 Å². The predicted octanol–water partition coefficient (Wildman–Crippen LogP) is 3.58. The van der Waals surface area contributed by atoms with E-state index in [1.165, 1.54) is 57.8 Å². The summed E-state index contributed by atoms with van der Waals surface area (Å²) in [6, 6.07) is 0. The van der Waals surface area contributed by atoms with Crippen molar-refractivity contribution >= 4 is 5.97 Å². The number of aliphatic hydroxyl groups excluding tert-OH is 2. The SMILES string of the molecule is CCCCCCCCCCCCCC(=O)OC(CO)CO. The molecule has 0 unspecified atom stereocenters. The molecule has 0 aliphatic rings. The summed E-state index contributed by atoms with van der Waals surface area (Å²) < 4.78 is 4.90. The first-order valence-electron chi connectivity index (χ1n) is 8.65. The van der Waals surface area contributed by atoms with Gasteiger partial charge in [0.1, 0.15) is 6.10 Å². The number of aliphatic hydroxyl groups is 2. The molecular formula is C17H34O4. The lowest BCUT2D eigenvalue weighted by atomic mass is 10.1. The van der Waals surface area contributed by atoms with Crippen LogP contribution in [0.3, 0.4) is 0 Å². The second-order valence-corrected chi connectivity index (χ2v) is 5.76. The molecular weight excluding hydrogens is 268 g/mol. The maximum atomic E-state index is 11.4. The van der Waals surface area contributed by atoms with E-state index in [1.807, 2.05) is 0 Å². The van der Waals surface area contributed by atoms with Crippen LogP contribution in [0.25, 0.3) is 0 Å². The number of rotatable bonds is 15. The molecule has 0 amide bonds. The Labute approximate surface area is 129 Å². The molecule has 0 bridgehead atoms. The summed E-state index contributed by atoms with van der Waals surface area (Å²) in [4.78, 5) is 11.4. The van der Waals surface area contributed by atoms with Gasteiger partial charge in [0.2, 0.25) is 0 Å². The molecule has 0 saturated heterocycles. The number of hydrogen-bond donors (Lipinski definition) is 2. The van der Waals surface area contributed by atoms with Gasteiger partial charge in [-0.15, -0.1) is 0 Å². The fraction of sp³-hybridized carbons (Fsp3) is 0.941. The fourth-order valence-corrected chi connectivity index (χ4v) is 2.31. The van der Waals surface area contributed by atoms with Crippen LogP contribution >= 0.6 is 0 Å².